The smallest absolute Gasteiger partial charge is 0.317 e. The van der Waals surface area contributed by atoms with Crippen molar-refractivity contribution in [2.75, 3.05) is 39.8 Å². The number of carboxylic acid groups (broad SMARTS) is 1. The van der Waals surface area contributed by atoms with E-state index in [1.165, 1.54) is 0 Å². The Kier molecular flexibility index (Phi) is 4.81. The van der Waals surface area contributed by atoms with Gasteiger partial charge in [-0.15, -0.1) is 0 Å². The van der Waals surface area contributed by atoms with Crippen LogP contribution < -0.4 is 4.74 Å². The fourth-order valence-corrected chi connectivity index (χ4v) is 2.34. The van der Waals surface area contributed by atoms with Crippen LogP contribution in [0.5, 0.6) is 11.5 Å². The number of aliphatic carboxylic acids is 1. The Bertz CT molecular complexity index is 470. The molecule has 0 saturated carbocycles. The molecule has 0 radical (unpaired) electrons. The van der Waals surface area contributed by atoms with Crippen molar-refractivity contribution in [3.8, 4) is 11.5 Å². The Morgan fingerprint density at radius 3 is 2.45 bits per heavy atom. The quantitative estimate of drug-likeness (QED) is 0.823. The van der Waals surface area contributed by atoms with Crippen molar-refractivity contribution in [2.45, 2.75) is 6.54 Å². The number of carbonyl (C=O) groups is 1. The van der Waals surface area contributed by atoms with Gasteiger partial charge in [0.1, 0.15) is 11.5 Å². The summed E-state index contributed by atoms with van der Waals surface area (Å²) < 4.78 is 5.06. The van der Waals surface area contributed by atoms with Gasteiger partial charge < -0.3 is 14.9 Å². The normalized spacial score (nSPS) is 17.1. The molecule has 1 fully saturated rings. The molecule has 0 spiro atoms. The Morgan fingerprint density at radius 1 is 1.25 bits per heavy atom. The number of aromatic hydroxyl groups is 1. The largest absolute Gasteiger partial charge is 0.507 e. The molecule has 0 aliphatic carbocycles. The number of benzene rings is 1. The first-order valence-corrected chi connectivity index (χ1v) is 6.61. The van der Waals surface area contributed by atoms with E-state index in [9.17, 15) is 9.90 Å². The number of rotatable bonds is 5. The number of phenols is 1. The van der Waals surface area contributed by atoms with E-state index in [4.69, 9.17) is 9.84 Å². The zero-order chi connectivity index (χ0) is 14.5. The van der Waals surface area contributed by atoms with Crippen molar-refractivity contribution < 1.29 is 19.7 Å². The van der Waals surface area contributed by atoms with Crippen LogP contribution in [-0.2, 0) is 11.3 Å². The van der Waals surface area contributed by atoms with Gasteiger partial charge in [-0.2, -0.15) is 0 Å². The first-order valence-electron chi connectivity index (χ1n) is 6.61. The predicted molar refractivity (Wildman–Crippen MR) is 74.0 cm³/mol. The van der Waals surface area contributed by atoms with Crippen LogP contribution >= 0.6 is 0 Å². The summed E-state index contributed by atoms with van der Waals surface area (Å²) in [6.07, 6.45) is 0. The molecule has 0 unspecified atom stereocenters. The number of hydrogen-bond acceptors (Lipinski definition) is 5. The van der Waals surface area contributed by atoms with Gasteiger partial charge in [-0.25, -0.2) is 0 Å². The molecule has 0 bridgehead atoms. The van der Waals surface area contributed by atoms with Gasteiger partial charge in [0.2, 0.25) is 0 Å². The lowest BCUT2D eigenvalue weighted by Crippen LogP contribution is -2.47. The average molecular weight is 280 g/mol. The van der Waals surface area contributed by atoms with Gasteiger partial charge in [-0.3, -0.25) is 14.6 Å². The number of carboxylic acids is 1. The highest BCUT2D eigenvalue weighted by atomic mass is 16.5. The summed E-state index contributed by atoms with van der Waals surface area (Å²) in [4.78, 5) is 14.8. The fourth-order valence-electron chi connectivity index (χ4n) is 2.34. The molecular formula is C14H20N2O4. The fraction of sp³-hybridized carbons (Fsp3) is 0.500. The molecule has 6 nitrogen and oxygen atoms in total. The van der Waals surface area contributed by atoms with Crippen molar-refractivity contribution in [1.29, 1.82) is 0 Å². The molecule has 0 aromatic heterocycles. The molecule has 1 aliphatic heterocycles. The molecule has 1 aromatic carbocycles. The van der Waals surface area contributed by atoms with E-state index in [0.717, 1.165) is 31.7 Å². The summed E-state index contributed by atoms with van der Waals surface area (Å²) in [7, 11) is 1.57. The average Bonchev–Trinajstić information content (AvgIpc) is 2.42. The van der Waals surface area contributed by atoms with Gasteiger partial charge >= 0.3 is 5.97 Å². The molecule has 1 heterocycles. The standard InChI is InChI=1S/C14H20N2O4/c1-20-12-3-2-11(13(17)8-12)9-15-4-6-16(7-5-15)10-14(18)19/h2-3,8,17H,4-7,9-10H2,1H3,(H,18,19). The molecule has 6 heteroatoms. The van der Waals surface area contributed by atoms with Gasteiger partial charge in [0, 0.05) is 44.4 Å². The number of piperazine rings is 1. The van der Waals surface area contributed by atoms with Crippen LogP contribution in [0.3, 0.4) is 0 Å². The maximum absolute atomic E-state index is 10.6. The Hall–Kier alpha value is -1.79. The number of nitrogens with zero attached hydrogens (tertiary/aromatic N) is 2. The number of ether oxygens (including phenoxy) is 1. The summed E-state index contributed by atoms with van der Waals surface area (Å²) in [5.41, 5.74) is 0.859. The first kappa shape index (κ1) is 14.6. The summed E-state index contributed by atoms with van der Waals surface area (Å²) in [5, 5.41) is 18.7. The maximum atomic E-state index is 10.6. The van der Waals surface area contributed by atoms with E-state index in [1.807, 2.05) is 17.0 Å². The Morgan fingerprint density at radius 2 is 1.90 bits per heavy atom. The van der Waals surface area contributed by atoms with Gasteiger partial charge in [0.05, 0.1) is 13.7 Å². The molecule has 0 atom stereocenters. The van der Waals surface area contributed by atoms with Crippen LogP contribution in [0.25, 0.3) is 0 Å². The van der Waals surface area contributed by atoms with Gasteiger partial charge in [-0.05, 0) is 6.07 Å². The van der Waals surface area contributed by atoms with E-state index in [1.54, 1.807) is 13.2 Å². The van der Waals surface area contributed by atoms with Crippen molar-refractivity contribution in [2.24, 2.45) is 0 Å². The van der Waals surface area contributed by atoms with Crippen LogP contribution in [0.1, 0.15) is 5.56 Å². The number of phenolic OH excluding ortho intramolecular Hbond substituents is 1. The van der Waals surface area contributed by atoms with Crippen LogP contribution in [0.2, 0.25) is 0 Å². The van der Waals surface area contributed by atoms with Gasteiger partial charge in [-0.1, -0.05) is 6.07 Å². The lowest BCUT2D eigenvalue weighted by Gasteiger charge is -2.33. The topological polar surface area (TPSA) is 73.2 Å². The Balaban J connectivity index is 1.88. The molecule has 0 amide bonds. The highest BCUT2D eigenvalue weighted by molar-refractivity contribution is 5.69. The van der Waals surface area contributed by atoms with Crippen LogP contribution in [0, 0.1) is 0 Å². The Labute approximate surface area is 118 Å². The second-order valence-corrected chi connectivity index (χ2v) is 4.94. The van der Waals surface area contributed by atoms with E-state index in [2.05, 4.69) is 4.90 Å². The third kappa shape index (κ3) is 3.85. The molecular weight excluding hydrogens is 260 g/mol. The zero-order valence-corrected chi connectivity index (χ0v) is 11.6. The van der Waals surface area contributed by atoms with Crippen molar-refractivity contribution in [1.82, 2.24) is 9.80 Å². The number of methoxy groups -OCH3 is 1. The minimum atomic E-state index is -0.786. The van der Waals surface area contributed by atoms with Crippen LogP contribution in [0.4, 0.5) is 0 Å². The monoisotopic (exact) mass is 280 g/mol. The maximum Gasteiger partial charge on any atom is 0.317 e. The minimum absolute atomic E-state index is 0.0988. The molecule has 1 saturated heterocycles. The van der Waals surface area contributed by atoms with Crippen molar-refractivity contribution in [3.63, 3.8) is 0 Å². The summed E-state index contributed by atoms with van der Waals surface area (Å²) >= 11 is 0. The highest BCUT2D eigenvalue weighted by Gasteiger charge is 2.19. The summed E-state index contributed by atoms with van der Waals surface area (Å²) in [5.74, 6) is 0.0843. The minimum Gasteiger partial charge on any atom is -0.507 e. The van der Waals surface area contributed by atoms with Crippen molar-refractivity contribution in [3.05, 3.63) is 23.8 Å². The molecule has 2 N–H and O–H groups in total. The predicted octanol–water partition coefficient (Wildman–Crippen LogP) is 0.603. The third-order valence-corrected chi connectivity index (χ3v) is 3.51. The summed E-state index contributed by atoms with van der Waals surface area (Å²) in [6.45, 7) is 3.85. The van der Waals surface area contributed by atoms with Gasteiger partial charge in [0.25, 0.3) is 0 Å². The van der Waals surface area contributed by atoms with E-state index >= 15 is 0 Å². The molecule has 1 aliphatic rings. The molecule has 1 aromatic rings. The first-order chi connectivity index (χ1) is 9.58. The lowest BCUT2D eigenvalue weighted by atomic mass is 10.1. The highest BCUT2D eigenvalue weighted by Crippen LogP contribution is 2.24. The van der Waals surface area contributed by atoms with Crippen molar-refractivity contribution >= 4 is 5.97 Å². The molecule has 110 valence electrons. The van der Waals surface area contributed by atoms with E-state index in [0.29, 0.717) is 12.3 Å². The third-order valence-electron chi connectivity index (χ3n) is 3.51. The van der Waals surface area contributed by atoms with E-state index in [-0.39, 0.29) is 12.3 Å². The molecule has 20 heavy (non-hydrogen) atoms. The second-order valence-electron chi connectivity index (χ2n) is 4.94. The molecule has 2 rings (SSSR count). The number of hydrogen-bond donors (Lipinski definition) is 2. The second kappa shape index (κ2) is 6.58. The van der Waals surface area contributed by atoms with Crippen LogP contribution in [-0.4, -0.2) is 65.8 Å². The van der Waals surface area contributed by atoms with Crippen LogP contribution in [0.15, 0.2) is 18.2 Å². The zero-order valence-electron chi connectivity index (χ0n) is 11.6. The summed E-state index contributed by atoms with van der Waals surface area (Å²) in [6, 6.07) is 5.30. The SMILES string of the molecule is COc1ccc(CN2CCN(CC(=O)O)CC2)c(O)c1. The lowest BCUT2D eigenvalue weighted by molar-refractivity contribution is -0.138. The van der Waals surface area contributed by atoms with E-state index < -0.39 is 5.97 Å². The van der Waals surface area contributed by atoms with Gasteiger partial charge in [0.15, 0.2) is 0 Å².